The quantitative estimate of drug-likeness (QED) is 0.851. The van der Waals surface area contributed by atoms with Gasteiger partial charge in [-0.1, -0.05) is 30.3 Å². The van der Waals surface area contributed by atoms with Crippen LogP contribution in [0, 0.1) is 11.6 Å². The van der Waals surface area contributed by atoms with Crippen LogP contribution in [0.5, 0.6) is 0 Å². The van der Waals surface area contributed by atoms with Crippen molar-refractivity contribution >= 4 is 0 Å². The minimum atomic E-state index is -0.592. The number of benzene rings is 2. The summed E-state index contributed by atoms with van der Waals surface area (Å²) in [6.07, 6.45) is 0.662. The molecule has 0 amide bonds. The third-order valence-electron chi connectivity index (χ3n) is 3.06. The van der Waals surface area contributed by atoms with Crippen LogP contribution >= 0.6 is 0 Å². The Balaban J connectivity index is 1.93. The van der Waals surface area contributed by atoms with Crippen LogP contribution in [0.15, 0.2) is 48.5 Å². The first-order chi connectivity index (χ1) is 9.67. The van der Waals surface area contributed by atoms with Crippen LogP contribution in [0.3, 0.4) is 0 Å². The number of hydrogen-bond acceptors (Lipinski definition) is 2. The number of rotatable bonds is 6. The lowest BCUT2D eigenvalue weighted by Gasteiger charge is -2.16. The topological polar surface area (TPSA) is 32.3 Å². The standard InChI is InChI=1S/C16H17F2NO/c17-14-6-13(7-15(18)9-14)10-19-16(11-20)8-12-4-2-1-3-5-12/h1-7,9,16,19-20H,8,10-11H2/t16-/m0/s1. The van der Waals surface area contributed by atoms with Gasteiger partial charge in [-0.15, -0.1) is 0 Å². The Morgan fingerprint density at radius 2 is 1.60 bits per heavy atom. The summed E-state index contributed by atoms with van der Waals surface area (Å²) in [5, 5.41) is 12.5. The summed E-state index contributed by atoms with van der Waals surface area (Å²) in [5.74, 6) is -1.18. The highest BCUT2D eigenvalue weighted by Gasteiger charge is 2.08. The van der Waals surface area contributed by atoms with E-state index in [2.05, 4.69) is 5.32 Å². The molecule has 0 aliphatic heterocycles. The van der Waals surface area contributed by atoms with E-state index in [1.165, 1.54) is 12.1 Å². The van der Waals surface area contributed by atoms with Crippen molar-refractivity contribution in [1.82, 2.24) is 5.32 Å². The van der Waals surface area contributed by atoms with E-state index in [1.54, 1.807) is 0 Å². The fourth-order valence-corrected chi connectivity index (χ4v) is 2.08. The van der Waals surface area contributed by atoms with E-state index in [1.807, 2.05) is 30.3 Å². The molecule has 2 aromatic rings. The summed E-state index contributed by atoms with van der Waals surface area (Å²) in [7, 11) is 0. The van der Waals surface area contributed by atoms with Gasteiger partial charge in [-0.25, -0.2) is 8.78 Å². The van der Waals surface area contributed by atoms with Gasteiger partial charge in [0.1, 0.15) is 11.6 Å². The third kappa shape index (κ3) is 4.40. The first-order valence-corrected chi connectivity index (χ1v) is 6.50. The molecule has 1 atom stereocenters. The van der Waals surface area contributed by atoms with Crippen molar-refractivity contribution in [2.75, 3.05) is 6.61 Å². The van der Waals surface area contributed by atoms with E-state index in [0.29, 0.717) is 18.5 Å². The van der Waals surface area contributed by atoms with Gasteiger partial charge < -0.3 is 10.4 Å². The predicted octanol–water partition coefficient (Wildman–Crippen LogP) is 2.66. The molecule has 0 fully saturated rings. The zero-order valence-electron chi connectivity index (χ0n) is 11.0. The van der Waals surface area contributed by atoms with Gasteiger partial charge in [0, 0.05) is 18.7 Å². The van der Waals surface area contributed by atoms with Crippen molar-refractivity contribution in [1.29, 1.82) is 0 Å². The summed E-state index contributed by atoms with van der Waals surface area (Å²) in [6, 6.07) is 13.0. The second kappa shape index (κ2) is 7.12. The van der Waals surface area contributed by atoms with Crippen LogP contribution < -0.4 is 5.32 Å². The summed E-state index contributed by atoms with van der Waals surface area (Å²) in [4.78, 5) is 0. The summed E-state index contributed by atoms with van der Waals surface area (Å²) in [5.41, 5.74) is 1.62. The van der Waals surface area contributed by atoms with E-state index >= 15 is 0 Å². The number of hydrogen-bond donors (Lipinski definition) is 2. The average Bonchev–Trinajstić information content (AvgIpc) is 2.43. The molecule has 0 aliphatic rings. The second-order valence-electron chi connectivity index (χ2n) is 4.73. The fraction of sp³-hybridized carbons (Fsp3) is 0.250. The van der Waals surface area contributed by atoms with Crippen molar-refractivity contribution in [2.45, 2.75) is 19.0 Å². The van der Waals surface area contributed by atoms with Crippen molar-refractivity contribution in [3.63, 3.8) is 0 Å². The lowest BCUT2D eigenvalue weighted by Crippen LogP contribution is -2.34. The minimum absolute atomic E-state index is 0.0350. The minimum Gasteiger partial charge on any atom is -0.395 e. The fourth-order valence-electron chi connectivity index (χ4n) is 2.08. The molecular formula is C16H17F2NO. The van der Waals surface area contributed by atoms with Crippen LogP contribution in [0.4, 0.5) is 8.78 Å². The number of aliphatic hydroxyl groups excluding tert-OH is 1. The Bertz CT molecular complexity index is 525. The van der Waals surface area contributed by atoms with Crippen molar-refractivity contribution < 1.29 is 13.9 Å². The molecule has 0 saturated carbocycles. The van der Waals surface area contributed by atoms with Gasteiger partial charge in [0.05, 0.1) is 6.61 Å². The normalized spacial score (nSPS) is 12.3. The molecule has 4 heteroatoms. The van der Waals surface area contributed by atoms with Gasteiger partial charge in [-0.2, -0.15) is 0 Å². The molecule has 0 aromatic heterocycles. The first-order valence-electron chi connectivity index (χ1n) is 6.50. The molecule has 2 rings (SSSR count). The molecule has 2 N–H and O–H groups in total. The molecule has 0 unspecified atom stereocenters. The summed E-state index contributed by atoms with van der Waals surface area (Å²) in [6.45, 7) is 0.277. The molecule has 0 aliphatic carbocycles. The van der Waals surface area contributed by atoms with Gasteiger partial charge in [0.15, 0.2) is 0 Å². The molecule has 0 radical (unpaired) electrons. The summed E-state index contributed by atoms with van der Waals surface area (Å²) >= 11 is 0. The SMILES string of the molecule is OC[C@H](Cc1ccccc1)NCc1cc(F)cc(F)c1. The molecule has 20 heavy (non-hydrogen) atoms. The van der Waals surface area contributed by atoms with Gasteiger partial charge in [-0.05, 0) is 29.7 Å². The van der Waals surface area contributed by atoms with E-state index in [0.717, 1.165) is 11.6 Å². The van der Waals surface area contributed by atoms with Crippen molar-refractivity contribution in [2.24, 2.45) is 0 Å². The van der Waals surface area contributed by atoms with Crippen molar-refractivity contribution in [3.8, 4) is 0 Å². The monoisotopic (exact) mass is 277 g/mol. The molecular weight excluding hydrogens is 260 g/mol. The van der Waals surface area contributed by atoms with E-state index in [-0.39, 0.29) is 12.6 Å². The third-order valence-corrected chi connectivity index (χ3v) is 3.06. The highest BCUT2D eigenvalue weighted by atomic mass is 19.1. The highest BCUT2D eigenvalue weighted by Crippen LogP contribution is 2.09. The molecule has 0 heterocycles. The van der Waals surface area contributed by atoms with Gasteiger partial charge >= 0.3 is 0 Å². The zero-order chi connectivity index (χ0) is 14.4. The predicted molar refractivity (Wildman–Crippen MR) is 74.2 cm³/mol. The Kier molecular flexibility index (Phi) is 5.21. The number of aliphatic hydroxyl groups is 1. The Labute approximate surface area is 117 Å². The van der Waals surface area contributed by atoms with Crippen LogP contribution in [0.1, 0.15) is 11.1 Å². The first kappa shape index (κ1) is 14.6. The molecule has 106 valence electrons. The van der Waals surface area contributed by atoms with E-state index < -0.39 is 11.6 Å². The Morgan fingerprint density at radius 3 is 2.20 bits per heavy atom. The maximum absolute atomic E-state index is 13.1. The second-order valence-corrected chi connectivity index (χ2v) is 4.73. The molecule has 0 bridgehead atoms. The Morgan fingerprint density at radius 1 is 0.950 bits per heavy atom. The largest absolute Gasteiger partial charge is 0.395 e. The summed E-state index contributed by atoms with van der Waals surface area (Å²) < 4.78 is 26.1. The van der Waals surface area contributed by atoms with Gasteiger partial charge in [-0.3, -0.25) is 0 Å². The van der Waals surface area contributed by atoms with E-state index in [9.17, 15) is 13.9 Å². The molecule has 0 spiro atoms. The van der Waals surface area contributed by atoms with Gasteiger partial charge in [0.25, 0.3) is 0 Å². The number of nitrogens with one attached hydrogen (secondary N) is 1. The van der Waals surface area contributed by atoms with Crippen molar-refractivity contribution in [3.05, 3.63) is 71.3 Å². The van der Waals surface area contributed by atoms with Gasteiger partial charge in [0.2, 0.25) is 0 Å². The lowest BCUT2D eigenvalue weighted by molar-refractivity contribution is 0.240. The maximum Gasteiger partial charge on any atom is 0.126 e. The lowest BCUT2D eigenvalue weighted by atomic mass is 10.1. The van der Waals surface area contributed by atoms with Crippen LogP contribution in [0.2, 0.25) is 0 Å². The maximum atomic E-state index is 13.1. The van der Waals surface area contributed by atoms with Crippen LogP contribution in [-0.2, 0) is 13.0 Å². The molecule has 2 nitrogen and oxygen atoms in total. The highest BCUT2D eigenvalue weighted by molar-refractivity contribution is 5.18. The van der Waals surface area contributed by atoms with Crippen LogP contribution in [-0.4, -0.2) is 17.8 Å². The smallest absolute Gasteiger partial charge is 0.126 e. The molecule has 2 aromatic carbocycles. The number of halogens is 2. The van der Waals surface area contributed by atoms with E-state index in [4.69, 9.17) is 0 Å². The van der Waals surface area contributed by atoms with Crippen LogP contribution in [0.25, 0.3) is 0 Å². The molecule has 0 saturated heterocycles. The Hall–Kier alpha value is -1.78. The zero-order valence-corrected chi connectivity index (χ0v) is 11.0. The average molecular weight is 277 g/mol.